The third-order valence-corrected chi connectivity index (χ3v) is 5.64. The molecule has 0 spiro atoms. The van der Waals surface area contributed by atoms with Crippen molar-refractivity contribution < 1.29 is 19.1 Å². The van der Waals surface area contributed by atoms with E-state index in [4.69, 9.17) is 9.15 Å². The number of anilines is 1. The number of hydrogen-bond donors (Lipinski definition) is 1. The number of nitrogens with zero attached hydrogens (tertiary/aromatic N) is 1. The van der Waals surface area contributed by atoms with Gasteiger partial charge in [0.1, 0.15) is 17.1 Å². The van der Waals surface area contributed by atoms with Crippen LogP contribution in [-0.4, -0.2) is 17.6 Å². The average molecular weight is 427 g/mol. The lowest BCUT2D eigenvalue weighted by molar-refractivity contribution is 0.0971. The number of hydrogen-bond acceptors (Lipinski definition) is 5. The monoisotopic (exact) mass is 427 g/mol. The first kappa shape index (κ1) is 19.9. The van der Waals surface area contributed by atoms with Crippen LogP contribution in [-0.2, 0) is 0 Å². The van der Waals surface area contributed by atoms with Crippen molar-refractivity contribution in [1.29, 1.82) is 0 Å². The molecule has 1 atom stereocenters. The molecular formula is C26H21NO5. The van der Waals surface area contributed by atoms with Gasteiger partial charge in [0.05, 0.1) is 23.6 Å². The van der Waals surface area contributed by atoms with Gasteiger partial charge in [-0.1, -0.05) is 23.8 Å². The lowest BCUT2D eigenvalue weighted by atomic mass is 9.97. The van der Waals surface area contributed by atoms with E-state index in [0.29, 0.717) is 34.6 Å². The van der Waals surface area contributed by atoms with E-state index in [-0.39, 0.29) is 22.5 Å². The first-order valence-corrected chi connectivity index (χ1v) is 10.4. The number of phenols is 1. The van der Waals surface area contributed by atoms with E-state index in [0.717, 1.165) is 5.56 Å². The number of aryl methyl sites for hydroxylation is 1. The van der Waals surface area contributed by atoms with Gasteiger partial charge in [-0.25, -0.2) is 0 Å². The number of aromatic hydroxyl groups is 1. The van der Waals surface area contributed by atoms with Crippen molar-refractivity contribution in [3.63, 3.8) is 0 Å². The van der Waals surface area contributed by atoms with Gasteiger partial charge in [0.15, 0.2) is 5.43 Å². The van der Waals surface area contributed by atoms with Crippen LogP contribution in [0.15, 0.2) is 75.9 Å². The third kappa shape index (κ3) is 3.12. The van der Waals surface area contributed by atoms with Gasteiger partial charge >= 0.3 is 0 Å². The van der Waals surface area contributed by atoms with Gasteiger partial charge in [-0.05, 0) is 67.9 Å². The lowest BCUT2D eigenvalue weighted by Crippen LogP contribution is -2.29. The van der Waals surface area contributed by atoms with E-state index < -0.39 is 11.9 Å². The molecule has 1 aliphatic heterocycles. The Morgan fingerprint density at radius 3 is 2.53 bits per heavy atom. The summed E-state index contributed by atoms with van der Waals surface area (Å²) in [6, 6.07) is 18.3. The van der Waals surface area contributed by atoms with E-state index in [1.807, 2.05) is 19.9 Å². The maximum Gasteiger partial charge on any atom is 0.295 e. The number of carbonyl (C=O) groups is 1. The van der Waals surface area contributed by atoms with Gasteiger partial charge in [-0.15, -0.1) is 0 Å². The molecule has 1 aliphatic rings. The highest BCUT2D eigenvalue weighted by Crippen LogP contribution is 2.42. The highest BCUT2D eigenvalue weighted by Gasteiger charge is 2.43. The van der Waals surface area contributed by atoms with Crippen LogP contribution in [0.3, 0.4) is 0 Å². The van der Waals surface area contributed by atoms with Crippen LogP contribution < -0.4 is 15.1 Å². The summed E-state index contributed by atoms with van der Waals surface area (Å²) in [4.78, 5) is 28.7. The van der Waals surface area contributed by atoms with Crippen molar-refractivity contribution in [3.8, 4) is 11.5 Å². The summed E-state index contributed by atoms with van der Waals surface area (Å²) in [5.74, 6) is 0.353. The van der Waals surface area contributed by atoms with E-state index in [9.17, 15) is 14.7 Å². The Kier molecular flexibility index (Phi) is 4.70. The number of phenolic OH excluding ortho intramolecular Hbond substituents is 1. The Hall–Kier alpha value is -4.06. The molecule has 0 radical (unpaired) electrons. The molecule has 0 aliphatic carbocycles. The summed E-state index contributed by atoms with van der Waals surface area (Å²) in [6.07, 6.45) is 0. The minimum absolute atomic E-state index is 0.0218. The van der Waals surface area contributed by atoms with E-state index in [1.54, 1.807) is 60.7 Å². The third-order valence-electron chi connectivity index (χ3n) is 5.64. The molecule has 160 valence electrons. The van der Waals surface area contributed by atoms with Crippen LogP contribution in [0.25, 0.3) is 11.0 Å². The summed E-state index contributed by atoms with van der Waals surface area (Å²) >= 11 is 0. The fourth-order valence-corrected chi connectivity index (χ4v) is 4.23. The molecule has 0 saturated heterocycles. The molecule has 1 aromatic heterocycles. The van der Waals surface area contributed by atoms with Gasteiger partial charge in [0, 0.05) is 5.69 Å². The Morgan fingerprint density at radius 1 is 1.03 bits per heavy atom. The molecule has 4 aromatic rings. The number of fused-ring (bicyclic) bond motifs is 2. The predicted octanol–water partition coefficient (Wildman–Crippen LogP) is 4.96. The van der Waals surface area contributed by atoms with Crippen molar-refractivity contribution in [3.05, 3.63) is 99.4 Å². The molecular weight excluding hydrogens is 406 g/mol. The molecule has 32 heavy (non-hydrogen) atoms. The summed E-state index contributed by atoms with van der Waals surface area (Å²) < 4.78 is 11.5. The molecule has 0 bridgehead atoms. The average Bonchev–Trinajstić information content (AvgIpc) is 3.08. The standard InChI is InChI=1S/C26H21NO5/c1-3-31-19-10-8-17(9-11-19)27-23(16-5-4-6-18(28)14-16)22-24(29)20-13-15(2)7-12-21(20)32-25(22)26(27)30/h4-14,23,28H,3H2,1-2H3. The van der Waals surface area contributed by atoms with Crippen molar-refractivity contribution in [2.24, 2.45) is 0 Å². The van der Waals surface area contributed by atoms with Crippen LogP contribution in [0.4, 0.5) is 5.69 Å². The molecule has 0 fully saturated rings. The molecule has 1 amide bonds. The van der Waals surface area contributed by atoms with Gasteiger partial charge < -0.3 is 14.3 Å². The Balaban J connectivity index is 1.76. The fraction of sp³-hybridized carbons (Fsp3) is 0.154. The molecule has 5 rings (SSSR count). The van der Waals surface area contributed by atoms with Crippen LogP contribution in [0, 0.1) is 6.92 Å². The predicted molar refractivity (Wildman–Crippen MR) is 122 cm³/mol. The highest BCUT2D eigenvalue weighted by molar-refractivity contribution is 6.10. The van der Waals surface area contributed by atoms with Gasteiger partial charge in [0.2, 0.25) is 5.76 Å². The van der Waals surface area contributed by atoms with E-state index in [2.05, 4.69) is 0 Å². The fourth-order valence-electron chi connectivity index (χ4n) is 4.23. The molecule has 6 nitrogen and oxygen atoms in total. The molecule has 1 unspecified atom stereocenters. The topological polar surface area (TPSA) is 80.0 Å². The minimum atomic E-state index is -0.733. The van der Waals surface area contributed by atoms with Gasteiger partial charge in [-0.3, -0.25) is 14.5 Å². The lowest BCUT2D eigenvalue weighted by Gasteiger charge is -2.25. The van der Waals surface area contributed by atoms with Crippen molar-refractivity contribution in [2.45, 2.75) is 19.9 Å². The summed E-state index contributed by atoms with van der Waals surface area (Å²) in [7, 11) is 0. The number of ether oxygens (including phenoxy) is 1. The molecule has 1 N–H and O–H groups in total. The second-order valence-corrected chi connectivity index (χ2v) is 7.77. The number of carbonyl (C=O) groups excluding carboxylic acids is 1. The van der Waals surface area contributed by atoms with Crippen molar-refractivity contribution >= 4 is 22.6 Å². The first-order valence-electron chi connectivity index (χ1n) is 10.4. The van der Waals surface area contributed by atoms with Gasteiger partial charge in [-0.2, -0.15) is 0 Å². The van der Waals surface area contributed by atoms with Crippen molar-refractivity contribution in [2.75, 3.05) is 11.5 Å². The Labute approximate surface area is 184 Å². The zero-order valence-corrected chi connectivity index (χ0v) is 17.7. The number of amides is 1. The second-order valence-electron chi connectivity index (χ2n) is 7.77. The zero-order chi connectivity index (χ0) is 22.4. The van der Waals surface area contributed by atoms with Crippen LogP contribution in [0.5, 0.6) is 11.5 Å². The minimum Gasteiger partial charge on any atom is -0.508 e. The van der Waals surface area contributed by atoms with Crippen LogP contribution >= 0.6 is 0 Å². The summed E-state index contributed by atoms with van der Waals surface area (Å²) in [5, 5.41) is 10.5. The smallest absolute Gasteiger partial charge is 0.295 e. The SMILES string of the molecule is CCOc1ccc(N2C(=O)c3oc4ccc(C)cc4c(=O)c3C2c2cccc(O)c2)cc1. The second kappa shape index (κ2) is 7.57. The van der Waals surface area contributed by atoms with Gasteiger partial charge in [0.25, 0.3) is 5.91 Å². The molecule has 0 saturated carbocycles. The largest absolute Gasteiger partial charge is 0.508 e. The molecule has 3 aromatic carbocycles. The Bertz CT molecular complexity index is 1400. The molecule has 6 heteroatoms. The van der Waals surface area contributed by atoms with Crippen LogP contribution in [0.1, 0.15) is 40.2 Å². The first-order chi connectivity index (χ1) is 15.5. The van der Waals surface area contributed by atoms with E-state index >= 15 is 0 Å². The summed E-state index contributed by atoms with van der Waals surface area (Å²) in [5.41, 5.74) is 2.53. The highest BCUT2D eigenvalue weighted by atomic mass is 16.5. The maximum atomic E-state index is 13.6. The Morgan fingerprint density at radius 2 is 1.81 bits per heavy atom. The number of benzene rings is 3. The van der Waals surface area contributed by atoms with E-state index in [1.165, 1.54) is 4.90 Å². The van der Waals surface area contributed by atoms with Crippen molar-refractivity contribution in [1.82, 2.24) is 0 Å². The molecule has 2 heterocycles. The quantitative estimate of drug-likeness (QED) is 0.498. The zero-order valence-electron chi connectivity index (χ0n) is 17.7. The van der Waals surface area contributed by atoms with Crippen LogP contribution in [0.2, 0.25) is 0 Å². The summed E-state index contributed by atoms with van der Waals surface area (Å²) in [6.45, 7) is 4.33. The maximum absolute atomic E-state index is 13.6. The number of rotatable bonds is 4. The normalized spacial score (nSPS) is 15.2.